The Morgan fingerprint density at radius 1 is 1.38 bits per heavy atom. The minimum atomic E-state index is -0.797. The van der Waals surface area contributed by atoms with Crippen molar-refractivity contribution in [2.75, 3.05) is 13.2 Å². The van der Waals surface area contributed by atoms with Crippen LogP contribution in [0.2, 0.25) is 0 Å². The van der Waals surface area contributed by atoms with Crippen LogP contribution in [0.1, 0.15) is 12.5 Å². The maximum absolute atomic E-state index is 13.4. The maximum Gasteiger partial charge on any atom is 0.127 e. The minimum Gasteiger partial charge on any atom is -0.394 e. The van der Waals surface area contributed by atoms with Gasteiger partial charge >= 0.3 is 0 Å². The van der Waals surface area contributed by atoms with E-state index in [1.807, 2.05) is 0 Å². The predicted molar refractivity (Wildman–Crippen MR) is 63.5 cm³/mol. The average Bonchev–Trinajstić information content (AvgIpc) is 2.30. The van der Waals surface area contributed by atoms with Crippen LogP contribution in [-0.2, 0) is 6.54 Å². The maximum atomic E-state index is 13.4. The first-order valence-corrected chi connectivity index (χ1v) is 5.71. The summed E-state index contributed by atoms with van der Waals surface area (Å²) < 4.78 is 14.2. The first-order valence-electron chi connectivity index (χ1n) is 4.91. The Hall–Kier alpha value is -0.490. The fourth-order valence-electron chi connectivity index (χ4n) is 1.15. The second-order valence-corrected chi connectivity index (χ2v) is 4.88. The zero-order valence-corrected chi connectivity index (χ0v) is 10.6. The van der Waals surface area contributed by atoms with Gasteiger partial charge in [-0.25, -0.2) is 4.39 Å². The molecule has 0 aliphatic carbocycles. The molecule has 0 heterocycles. The Labute approximate surface area is 102 Å². The predicted octanol–water partition coefficient (Wildman–Crippen LogP) is 1.42. The third-order valence-corrected chi connectivity index (χ3v) is 2.90. The van der Waals surface area contributed by atoms with Gasteiger partial charge in [-0.05, 0) is 25.1 Å². The fourth-order valence-corrected chi connectivity index (χ4v) is 1.56. The largest absolute Gasteiger partial charge is 0.394 e. The summed E-state index contributed by atoms with van der Waals surface area (Å²) in [6.07, 6.45) is 0. The summed E-state index contributed by atoms with van der Waals surface area (Å²) in [5.74, 6) is -0.311. The van der Waals surface area contributed by atoms with E-state index in [-0.39, 0.29) is 25.6 Å². The standard InChI is InChI=1S/C11H15BrFNO2/c1-11(6-15,7-16)14-5-8-4-9(12)2-3-10(8)13/h2-4,14-16H,5-7H2,1H3. The zero-order chi connectivity index (χ0) is 12.2. The van der Waals surface area contributed by atoms with Crippen molar-refractivity contribution in [3.05, 3.63) is 34.1 Å². The molecule has 0 aliphatic heterocycles. The molecule has 0 atom stereocenters. The van der Waals surface area contributed by atoms with Crippen molar-refractivity contribution in [1.82, 2.24) is 5.32 Å². The van der Waals surface area contributed by atoms with Crippen LogP contribution in [0.3, 0.4) is 0 Å². The fraction of sp³-hybridized carbons (Fsp3) is 0.455. The SMILES string of the molecule is CC(CO)(CO)NCc1cc(Br)ccc1F. The second-order valence-electron chi connectivity index (χ2n) is 3.97. The molecule has 1 rings (SSSR count). The van der Waals surface area contributed by atoms with Gasteiger partial charge < -0.3 is 15.5 Å². The Bertz CT molecular complexity index is 356. The molecule has 1 aromatic rings. The summed E-state index contributed by atoms with van der Waals surface area (Å²) in [6.45, 7) is 1.50. The minimum absolute atomic E-state index is 0.209. The van der Waals surface area contributed by atoms with Crippen LogP contribution < -0.4 is 5.32 Å². The molecular weight excluding hydrogens is 277 g/mol. The topological polar surface area (TPSA) is 52.5 Å². The van der Waals surface area contributed by atoms with Gasteiger partial charge in [0.05, 0.1) is 18.8 Å². The molecule has 0 radical (unpaired) electrons. The quantitative estimate of drug-likeness (QED) is 0.769. The van der Waals surface area contributed by atoms with E-state index >= 15 is 0 Å². The Kier molecular flexibility index (Phi) is 4.86. The van der Waals surface area contributed by atoms with Gasteiger partial charge in [0.1, 0.15) is 5.82 Å². The normalized spacial score (nSPS) is 11.8. The van der Waals surface area contributed by atoms with E-state index in [1.165, 1.54) is 6.07 Å². The highest BCUT2D eigenvalue weighted by molar-refractivity contribution is 9.10. The van der Waals surface area contributed by atoms with Gasteiger partial charge in [0, 0.05) is 16.6 Å². The number of aliphatic hydroxyl groups is 2. The Balaban J connectivity index is 2.70. The molecule has 3 N–H and O–H groups in total. The number of aliphatic hydroxyl groups excluding tert-OH is 2. The number of benzene rings is 1. The monoisotopic (exact) mass is 291 g/mol. The first kappa shape index (κ1) is 13.6. The van der Waals surface area contributed by atoms with Crippen molar-refractivity contribution in [2.45, 2.75) is 19.0 Å². The van der Waals surface area contributed by atoms with Gasteiger partial charge in [0.25, 0.3) is 0 Å². The van der Waals surface area contributed by atoms with Gasteiger partial charge in [0.2, 0.25) is 0 Å². The molecular formula is C11H15BrFNO2. The molecule has 0 amide bonds. The van der Waals surface area contributed by atoms with Crippen LogP contribution in [0.4, 0.5) is 4.39 Å². The van der Waals surface area contributed by atoms with Gasteiger partial charge in [-0.1, -0.05) is 15.9 Å². The zero-order valence-electron chi connectivity index (χ0n) is 9.00. The summed E-state index contributed by atoms with van der Waals surface area (Å²) >= 11 is 3.26. The Morgan fingerprint density at radius 2 is 2.00 bits per heavy atom. The average molecular weight is 292 g/mol. The molecule has 0 aromatic heterocycles. The van der Waals surface area contributed by atoms with E-state index in [9.17, 15) is 4.39 Å². The van der Waals surface area contributed by atoms with Crippen LogP contribution in [0, 0.1) is 5.82 Å². The molecule has 0 saturated heterocycles. The molecule has 5 heteroatoms. The highest BCUT2D eigenvalue weighted by Crippen LogP contribution is 2.16. The van der Waals surface area contributed by atoms with Crippen molar-refractivity contribution < 1.29 is 14.6 Å². The summed E-state index contributed by atoms with van der Waals surface area (Å²) in [5.41, 5.74) is -0.308. The van der Waals surface area contributed by atoms with E-state index in [4.69, 9.17) is 10.2 Å². The highest BCUT2D eigenvalue weighted by Gasteiger charge is 2.21. The van der Waals surface area contributed by atoms with Crippen LogP contribution in [0.25, 0.3) is 0 Å². The lowest BCUT2D eigenvalue weighted by Crippen LogP contribution is -2.48. The van der Waals surface area contributed by atoms with E-state index in [1.54, 1.807) is 19.1 Å². The molecule has 0 unspecified atom stereocenters. The molecule has 90 valence electrons. The van der Waals surface area contributed by atoms with Gasteiger partial charge in [-0.15, -0.1) is 0 Å². The number of hydrogen-bond donors (Lipinski definition) is 3. The third kappa shape index (κ3) is 3.52. The number of nitrogens with one attached hydrogen (secondary N) is 1. The number of hydrogen-bond acceptors (Lipinski definition) is 3. The molecule has 0 fully saturated rings. The molecule has 16 heavy (non-hydrogen) atoms. The van der Waals surface area contributed by atoms with E-state index in [0.717, 1.165) is 4.47 Å². The second kappa shape index (κ2) is 5.72. The summed E-state index contributed by atoms with van der Waals surface area (Å²) in [5, 5.41) is 21.0. The molecule has 1 aromatic carbocycles. The molecule has 0 aliphatic rings. The molecule has 0 spiro atoms. The molecule has 3 nitrogen and oxygen atoms in total. The summed E-state index contributed by atoms with van der Waals surface area (Å²) in [6, 6.07) is 4.66. The highest BCUT2D eigenvalue weighted by atomic mass is 79.9. The lowest BCUT2D eigenvalue weighted by atomic mass is 10.0. The Morgan fingerprint density at radius 3 is 2.56 bits per heavy atom. The summed E-state index contributed by atoms with van der Waals surface area (Å²) in [7, 11) is 0. The van der Waals surface area contributed by atoms with Crippen LogP contribution in [-0.4, -0.2) is 29.0 Å². The van der Waals surface area contributed by atoms with Gasteiger partial charge in [0.15, 0.2) is 0 Å². The van der Waals surface area contributed by atoms with Crippen molar-refractivity contribution in [1.29, 1.82) is 0 Å². The number of halogens is 2. The van der Waals surface area contributed by atoms with E-state index in [2.05, 4.69) is 21.2 Å². The van der Waals surface area contributed by atoms with Crippen LogP contribution >= 0.6 is 15.9 Å². The van der Waals surface area contributed by atoms with Crippen molar-refractivity contribution in [3.8, 4) is 0 Å². The third-order valence-electron chi connectivity index (χ3n) is 2.41. The first-order chi connectivity index (χ1) is 7.50. The van der Waals surface area contributed by atoms with Crippen molar-refractivity contribution in [3.63, 3.8) is 0 Å². The van der Waals surface area contributed by atoms with Crippen LogP contribution in [0.15, 0.2) is 22.7 Å². The van der Waals surface area contributed by atoms with Crippen molar-refractivity contribution >= 4 is 15.9 Å². The van der Waals surface area contributed by atoms with Gasteiger partial charge in [-0.2, -0.15) is 0 Å². The van der Waals surface area contributed by atoms with Crippen molar-refractivity contribution in [2.24, 2.45) is 0 Å². The van der Waals surface area contributed by atoms with Gasteiger partial charge in [-0.3, -0.25) is 0 Å². The molecule has 0 saturated carbocycles. The van der Waals surface area contributed by atoms with E-state index in [0.29, 0.717) is 5.56 Å². The smallest absolute Gasteiger partial charge is 0.127 e. The summed E-state index contributed by atoms with van der Waals surface area (Å²) in [4.78, 5) is 0. The lowest BCUT2D eigenvalue weighted by Gasteiger charge is -2.26. The van der Waals surface area contributed by atoms with E-state index < -0.39 is 5.54 Å². The number of rotatable bonds is 5. The van der Waals surface area contributed by atoms with Crippen LogP contribution in [0.5, 0.6) is 0 Å². The lowest BCUT2D eigenvalue weighted by molar-refractivity contribution is 0.103. The molecule has 0 bridgehead atoms.